The molecule has 0 saturated heterocycles. The van der Waals surface area contributed by atoms with Gasteiger partial charge >= 0.3 is 0 Å². The Hall–Kier alpha value is -0.670. The van der Waals surface area contributed by atoms with E-state index in [2.05, 4.69) is 32.9 Å². The quantitative estimate of drug-likeness (QED) is 0.857. The van der Waals surface area contributed by atoms with Gasteiger partial charge in [-0.3, -0.25) is 0 Å². The number of rotatable bonds is 5. The minimum absolute atomic E-state index is 0.154. The molecule has 0 saturated carbocycles. The van der Waals surface area contributed by atoms with Crippen LogP contribution in [-0.2, 0) is 0 Å². The maximum Gasteiger partial charge on any atom is 0.118 e. The second kappa shape index (κ2) is 6.16. The van der Waals surface area contributed by atoms with Gasteiger partial charge in [-0.25, -0.2) is 0 Å². The Bertz CT molecular complexity index is 308. The third-order valence-electron chi connectivity index (χ3n) is 2.34. The van der Waals surface area contributed by atoms with Gasteiger partial charge in [0.2, 0.25) is 0 Å². The van der Waals surface area contributed by atoms with Crippen molar-refractivity contribution >= 4 is 11.8 Å². The van der Waals surface area contributed by atoms with Crippen LogP contribution >= 0.6 is 11.8 Å². The molecule has 1 aromatic rings. The third-order valence-corrected chi connectivity index (χ3v) is 3.88. The number of nitrogens with two attached hydrogens (primary N) is 1. The summed E-state index contributed by atoms with van der Waals surface area (Å²) in [4.78, 5) is 0. The highest BCUT2D eigenvalue weighted by Crippen LogP contribution is 2.34. The summed E-state index contributed by atoms with van der Waals surface area (Å²) in [5.41, 5.74) is 7.31. The maximum absolute atomic E-state index is 6.04. The summed E-state index contributed by atoms with van der Waals surface area (Å²) in [6.45, 7) is 6.46. The van der Waals surface area contributed by atoms with Crippen LogP contribution in [0.15, 0.2) is 24.3 Å². The minimum Gasteiger partial charge on any atom is -0.497 e. The smallest absolute Gasteiger partial charge is 0.118 e. The van der Waals surface area contributed by atoms with Crippen LogP contribution in [0.5, 0.6) is 5.75 Å². The Kier molecular flexibility index (Phi) is 5.16. The van der Waals surface area contributed by atoms with E-state index < -0.39 is 0 Å². The molecule has 16 heavy (non-hydrogen) atoms. The Labute approximate surface area is 103 Å². The van der Waals surface area contributed by atoms with Crippen LogP contribution < -0.4 is 10.5 Å². The Morgan fingerprint density at radius 3 is 2.06 bits per heavy atom. The van der Waals surface area contributed by atoms with Crippen molar-refractivity contribution in [3.8, 4) is 5.75 Å². The van der Waals surface area contributed by atoms with Crippen LogP contribution in [0.4, 0.5) is 0 Å². The molecule has 2 N–H and O–H groups in total. The first kappa shape index (κ1) is 13.4. The van der Waals surface area contributed by atoms with E-state index in [0.29, 0.717) is 10.5 Å². The molecule has 0 aromatic heterocycles. The van der Waals surface area contributed by atoms with E-state index in [9.17, 15) is 0 Å². The van der Waals surface area contributed by atoms with Gasteiger partial charge in [0.05, 0.1) is 7.11 Å². The normalized spacial score (nSPS) is 14.9. The van der Waals surface area contributed by atoms with Gasteiger partial charge in [0.15, 0.2) is 0 Å². The molecule has 1 aromatic carbocycles. The Morgan fingerprint density at radius 1 is 1.12 bits per heavy atom. The first-order valence-electron chi connectivity index (χ1n) is 5.59. The predicted molar refractivity (Wildman–Crippen MR) is 72.1 cm³/mol. The lowest BCUT2D eigenvalue weighted by molar-refractivity contribution is 0.414. The fourth-order valence-electron chi connectivity index (χ4n) is 1.59. The second-order valence-electron chi connectivity index (χ2n) is 4.24. The molecule has 3 heteroatoms. The van der Waals surface area contributed by atoms with Crippen molar-refractivity contribution in [2.45, 2.75) is 37.3 Å². The van der Waals surface area contributed by atoms with Gasteiger partial charge < -0.3 is 10.5 Å². The first-order valence-corrected chi connectivity index (χ1v) is 6.54. The summed E-state index contributed by atoms with van der Waals surface area (Å²) in [7, 11) is 1.68. The first-order chi connectivity index (χ1) is 7.54. The average Bonchev–Trinajstić information content (AvgIpc) is 2.25. The number of hydrogen-bond acceptors (Lipinski definition) is 3. The number of ether oxygens (including phenoxy) is 1. The molecule has 0 aliphatic carbocycles. The molecular weight excluding hydrogens is 218 g/mol. The molecule has 0 radical (unpaired) electrons. The lowest BCUT2D eigenvalue weighted by atomic mass is 10.1. The average molecular weight is 239 g/mol. The number of hydrogen-bond donors (Lipinski definition) is 1. The van der Waals surface area contributed by atoms with E-state index in [0.717, 1.165) is 5.75 Å². The summed E-state index contributed by atoms with van der Waals surface area (Å²) in [5.74, 6) is 0.890. The zero-order chi connectivity index (χ0) is 12.1. The molecule has 0 fully saturated rings. The number of benzene rings is 1. The third kappa shape index (κ3) is 3.72. The molecule has 0 bridgehead atoms. The Balaban J connectivity index is 2.84. The summed E-state index contributed by atoms with van der Waals surface area (Å²) < 4.78 is 5.15. The molecular formula is C13H21NOS. The Morgan fingerprint density at radius 2 is 1.69 bits per heavy atom. The second-order valence-corrected chi connectivity index (χ2v) is 5.96. The molecule has 2 atom stereocenters. The molecule has 0 aliphatic heterocycles. The summed E-state index contributed by atoms with van der Waals surface area (Å²) in [6, 6.07) is 8.34. The topological polar surface area (TPSA) is 35.2 Å². The van der Waals surface area contributed by atoms with Crippen LogP contribution in [0.1, 0.15) is 31.6 Å². The largest absolute Gasteiger partial charge is 0.497 e. The van der Waals surface area contributed by atoms with Gasteiger partial charge in [-0.15, -0.1) is 11.8 Å². The van der Waals surface area contributed by atoms with Gasteiger partial charge in [0, 0.05) is 11.3 Å². The summed E-state index contributed by atoms with van der Waals surface area (Å²) in [6.07, 6.45) is 0. The molecule has 0 amide bonds. The lowest BCUT2D eigenvalue weighted by Gasteiger charge is -2.23. The van der Waals surface area contributed by atoms with Gasteiger partial charge in [-0.2, -0.15) is 0 Å². The molecule has 2 unspecified atom stereocenters. The fourth-order valence-corrected chi connectivity index (χ4v) is 2.74. The van der Waals surface area contributed by atoms with Crippen LogP contribution in [-0.4, -0.2) is 18.4 Å². The SMILES string of the molecule is COc1ccc(C(SC(C)C)C(C)N)cc1. The van der Waals surface area contributed by atoms with Crippen molar-refractivity contribution in [1.29, 1.82) is 0 Å². The molecule has 90 valence electrons. The van der Waals surface area contributed by atoms with Crippen LogP contribution in [0.3, 0.4) is 0 Å². The van der Waals surface area contributed by atoms with E-state index in [4.69, 9.17) is 10.5 Å². The zero-order valence-corrected chi connectivity index (χ0v) is 11.3. The highest BCUT2D eigenvalue weighted by Gasteiger charge is 2.18. The summed E-state index contributed by atoms with van der Waals surface area (Å²) in [5, 5.41) is 0.934. The van der Waals surface area contributed by atoms with Crippen LogP contribution in [0.25, 0.3) is 0 Å². The highest BCUT2D eigenvalue weighted by atomic mass is 32.2. The van der Waals surface area contributed by atoms with E-state index in [1.807, 2.05) is 23.9 Å². The van der Waals surface area contributed by atoms with E-state index in [-0.39, 0.29) is 6.04 Å². The van der Waals surface area contributed by atoms with Crippen molar-refractivity contribution in [2.24, 2.45) is 5.73 Å². The van der Waals surface area contributed by atoms with E-state index >= 15 is 0 Å². The van der Waals surface area contributed by atoms with Crippen molar-refractivity contribution in [2.75, 3.05) is 7.11 Å². The fraction of sp³-hybridized carbons (Fsp3) is 0.538. The van der Waals surface area contributed by atoms with Crippen molar-refractivity contribution in [3.05, 3.63) is 29.8 Å². The highest BCUT2D eigenvalue weighted by molar-refractivity contribution is 8.00. The molecule has 2 nitrogen and oxygen atoms in total. The maximum atomic E-state index is 6.04. The molecule has 0 aliphatic rings. The standard InChI is InChI=1S/C13H21NOS/c1-9(2)16-13(10(3)14)11-5-7-12(15-4)8-6-11/h5-10,13H,14H2,1-4H3. The van der Waals surface area contributed by atoms with Gasteiger partial charge in [0.25, 0.3) is 0 Å². The van der Waals surface area contributed by atoms with Crippen LogP contribution in [0, 0.1) is 0 Å². The van der Waals surface area contributed by atoms with Gasteiger partial charge in [-0.1, -0.05) is 26.0 Å². The summed E-state index contributed by atoms with van der Waals surface area (Å²) >= 11 is 1.91. The van der Waals surface area contributed by atoms with Crippen LogP contribution in [0.2, 0.25) is 0 Å². The molecule has 0 heterocycles. The van der Waals surface area contributed by atoms with Crippen molar-refractivity contribution in [1.82, 2.24) is 0 Å². The molecule has 1 rings (SSSR count). The van der Waals surface area contributed by atoms with E-state index in [1.165, 1.54) is 5.56 Å². The van der Waals surface area contributed by atoms with Crippen molar-refractivity contribution in [3.63, 3.8) is 0 Å². The lowest BCUT2D eigenvalue weighted by Crippen LogP contribution is -2.23. The number of thioether (sulfide) groups is 1. The van der Waals surface area contributed by atoms with E-state index in [1.54, 1.807) is 7.11 Å². The molecule has 0 spiro atoms. The predicted octanol–water partition coefficient (Wildman–Crippen LogP) is 3.23. The van der Waals surface area contributed by atoms with Gasteiger partial charge in [0.1, 0.15) is 5.75 Å². The number of methoxy groups -OCH3 is 1. The van der Waals surface area contributed by atoms with Crippen molar-refractivity contribution < 1.29 is 4.74 Å². The minimum atomic E-state index is 0.154. The monoisotopic (exact) mass is 239 g/mol. The van der Waals surface area contributed by atoms with Gasteiger partial charge in [-0.05, 0) is 29.9 Å². The zero-order valence-electron chi connectivity index (χ0n) is 10.4.